The van der Waals surface area contributed by atoms with Crippen LogP contribution in [0.25, 0.3) is 5.57 Å². The molecule has 0 spiro atoms. The van der Waals surface area contributed by atoms with Gasteiger partial charge in [-0.05, 0) is 23.4 Å². The van der Waals surface area contributed by atoms with E-state index in [0.717, 1.165) is 0 Å². The Kier molecular flexibility index (Phi) is 5.21. The van der Waals surface area contributed by atoms with Crippen molar-refractivity contribution in [2.24, 2.45) is 0 Å². The fourth-order valence-corrected chi connectivity index (χ4v) is 1.34. The Bertz CT molecular complexity index is 421. The average molecular weight is 229 g/mol. The fraction of sp³-hybridized carbons (Fsp3) is 0.267. The van der Waals surface area contributed by atoms with Crippen molar-refractivity contribution >= 4 is 11.8 Å². The maximum Gasteiger partial charge on any atom is 0.163 e. The monoisotopic (exact) mass is 229 g/mol. The second-order valence-corrected chi connectivity index (χ2v) is 4.38. The first-order valence-electron chi connectivity index (χ1n) is 5.71. The van der Waals surface area contributed by atoms with Crippen molar-refractivity contribution in [3.63, 3.8) is 0 Å². The molecule has 0 N–H and O–H groups in total. The summed E-state index contributed by atoms with van der Waals surface area (Å²) >= 11 is 0. The molecule has 2 nitrogen and oxygen atoms in total. The Hall–Kier alpha value is -1.83. The van der Waals surface area contributed by atoms with Gasteiger partial charge in [-0.15, -0.1) is 0 Å². The Morgan fingerprint density at radius 1 is 1.12 bits per heavy atom. The number of nitrogens with zero attached hydrogens (tertiary/aromatic N) is 2. The number of rotatable bonds is 4. The van der Waals surface area contributed by atoms with Gasteiger partial charge in [0, 0.05) is 20.2 Å². The quantitative estimate of drug-likeness (QED) is 0.437. The van der Waals surface area contributed by atoms with Crippen LogP contribution in [-0.2, 0) is 0 Å². The molecule has 0 aliphatic heterocycles. The molecule has 0 aromatic heterocycles. The minimum atomic E-state index is 1.20. The molecule has 0 bridgehead atoms. The Morgan fingerprint density at radius 3 is 2.29 bits per heavy atom. The van der Waals surface area contributed by atoms with E-state index in [-0.39, 0.29) is 0 Å². The van der Waals surface area contributed by atoms with Gasteiger partial charge in [0.1, 0.15) is 14.1 Å². The van der Waals surface area contributed by atoms with Gasteiger partial charge in [-0.1, -0.05) is 30.3 Å². The second kappa shape index (κ2) is 6.69. The van der Waals surface area contributed by atoms with Crippen LogP contribution in [0.2, 0.25) is 0 Å². The molecular formula is C15H21N2+. The third-order valence-electron chi connectivity index (χ3n) is 2.21. The van der Waals surface area contributed by atoms with Gasteiger partial charge in [-0.3, -0.25) is 0 Å². The maximum atomic E-state index is 2.12. The molecule has 0 radical (unpaired) electrons. The standard InChI is InChI=1S/C15H21N2/c1-16(2)12-10-15(11-13-17(3)4)14-8-6-5-7-9-14/h5-13H,1-4H3/q+1. The van der Waals surface area contributed by atoms with E-state index in [1.165, 1.54) is 11.1 Å². The molecule has 17 heavy (non-hydrogen) atoms. The highest BCUT2D eigenvalue weighted by Gasteiger charge is 1.96. The average Bonchev–Trinajstić information content (AvgIpc) is 2.29. The first kappa shape index (κ1) is 13.2. The molecule has 1 aromatic rings. The van der Waals surface area contributed by atoms with E-state index in [1.807, 2.05) is 43.7 Å². The topological polar surface area (TPSA) is 6.25 Å². The van der Waals surface area contributed by atoms with Crippen molar-refractivity contribution in [2.75, 3.05) is 28.2 Å². The summed E-state index contributed by atoms with van der Waals surface area (Å²) in [7, 11) is 8.09. The summed E-state index contributed by atoms with van der Waals surface area (Å²) in [5, 5.41) is 0. The predicted octanol–water partition coefficient (Wildman–Crippen LogP) is 2.49. The molecule has 90 valence electrons. The van der Waals surface area contributed by atoms with Crippen LogP contribution in [0.15, 0.2) is 48.7 Å². The van der Waals surface area contributed by atoms with Gasteiger partial charge in [0.25, 0.3) is 0 Å². The van der Waals surface area contributed by atoms with Gasteiger partial charge >= 0.3 is 0 Å². The van der Waals surface area contributed by atoms with Gasteiger partial charge in [-0.25, -0.2) is 4.58 Å². The fourth-order valence-electron chi connectivity index (χ4n) is 1.34. The highest BCUT2D eigenvalue weighted by atomic mass is 15.0. The van der Waals surface area contributed by atoms with Crippen LogP contribution < -0.4 is 0 Å². The molecule has 2 heteroatoms. The van der Waals surface area contributed by atoms with Crippen molar-refractivity contribution in [2.45, 2.75) is 0 Å². The third-order valence-corrected chi connectivity index (χ3v) is 2.21. The lowest BCUT2D eigenvalue weighted by molar-refractivity contribution is -0.458. The molecule has 0 fully saturated rings. The zero-order chi connectivity index (χ0) is 12.7. The predicted molar refractivity (Wildman–Crippen MR) is 75.4 cm³/mol. The molecule has 0 unspecified atom stereocenters. The van der Waals surface area contributed by atoms with Crippen LogP contribution in [0.1, 0.15) is 5.56 Å². The van der Waals surface area contributed by atoms with Crippen molar-refractivity contribution in [1.29, 1.82) is 0 Å². The molecule has 0 heterocycles. The minimum absolute atomic E-state index is 1.20. The van der Waals surface area contributed by atoms with E-state index < -0.39 is 0 Å². The van der Waals surface area contributed by atoms with E-state index in [1.54, 1.807) is 0 Å². The van der Waals surface area contributed by atoms with Crippen LogP contribution in [0.3, 0.4) is 0 Å². The third kappa shape index (κ3) is 5.16. The first-order chi connectivity index (χ1) is 8.09. The molecule has 0 saturated heterocycles. The smallest absolute Gasteiger partial charge is 0.163 e. The van der Waals surface area contributed by atoms with Gasteiger partial charge in [0.15, 0.2) is 6.21 Å². The highest BCUT2D eigenvalue weighted by molar-refractivity contribution is 5.86. The highest BCUT2D eigenvalue weighted by Crippen LogP contribution is 2.14. The van der Waals surface area contributed by atoms with Gasteiger partial charge in [0.2, 0.25) is 0 Å². The van der Waals surface area contributed by atoms with Crippen LogP contribution >= 0.6 is 0 Å². The summed E-state index contributed by atoms with van der Waals surface area (Å²) in [4.78, 5) is 2.03. The molecule has 0 amide bonds. The maximum absolute atomic E-state index is 2.12. The summed E-state index contributed by atoms with van der Waals surface area (Å²) in [6.07, 6.45) is 8.36. The van der Waals surface area contributed by atoms with E-state index >= 15 is 0 Å². The van der Waals surface area contributed by atoms with Gasteiger partial charge < -0.3 is 4.90 Å². The van der Waals surface area contributed by atoms with Crippen LogP contribution in [0.4, 0.5) is 0 Å². The molecule has 0 saturated carbocycles. The summed E-state index contributed by atoms with van der Waals surface area (Å²) in [5.74, 6) is 0. The van der Waals surface area contributed by atoms with E-state index in [4.69, 9.17) is 0 Å². The largest absolute Gasteiger partial charge is 0.383 e. The summed E-state index contributed by atoms with van der Waals surface area (Å²) in [5.41, 5.74) is 2.43. The molecular weight excluding hydrogens is 208 g/mol. The van der Waals surface area contributed by atoms with Crippen LogP contribution in [-0.4, -0.2) is 43.9 Å². The summed E-state index contributed by atoms with van der Waals surface area (Å²) < 4.78 is 2.03. The first-order valence-corrected chi connectivity index (χ1v) is 5.71. The SMILES string of the molecule is CN(C)/C=C/C(=C\C=[N+](C)C)c1ccccc1. The Labute approximate surface area is 104 Å². The summed E-state index contributed by atoms with van der Waals surface area (Å²) in [6, 6.07) is 10.4. The van der Waals surface area contributed by atoms with Crippen molar-refractivity contribution in [3.05, 3.63) is 54.2 Å². The van der Waals surface area contributed by atoms with Crippen LogP contribution in [0, 0.1) is 0 Å². The lowest BCUT2D eigenvalue weighted by atomic mass is 10.1. The molecule has 0 aliphatic carbocycles. The van der Waals surface area contributed by atoms with E-state index in [9.17, 15) is 0 Å². The van der Waals surface area contributed by atoms with E-state index in [0.29, 0.717) is 0 Å². The second-order valence-electron chi connectivity index (χ2n) is 4.38. The van der Waals surface area contributed by atoms with Crippen molar-refractivity contribution < 1.29 is 4.58 Å². The van der Waals surface area contributed by atoms with Gasteiger partial charge in [0.05, 0.1) is 0 Å². The summed E-state index contributed by atoms with van der Waals surface area (Å²) in [6.45, 7) is 0. The zero-order valence-corrected chi connectivity index (χ0v) is 11.1. The Balaban J connectivity index is 3.03. The van der Waals surface area contributed by atoms with E-state index in [2.05, 4.69) is 48.8 Å². The number of benzene rings is 1. The molecule has 0 aliphatic rings. The Morgan fingerprint density at radius 2 is 1.76 bits per heavy atom. The van der Waals surface area contributed by atoms with Crippen molar-refractivity contribution in [3.8, 4) is 0 Å². The lowest BCUT2D eigenvalue weighted by Gasteiger charge is -2.05. The minimum Gasteiger partial charge on any atom is -0.383 e. The number of hydrogen-bond donors (Lipinski definition) is 0. The number of allylic oxidation sites excluding steroid dienone is 3. The van der Waals surface area contributed by atoms with Gasteiger partial charge in [-0.2, -0.15) is 0 Å². The van der Waals surface area contributed by atoms with Crippen LogP contribution in [0.5, 0.6) is 0 Å². The molecule has 0 atom stereocenters. The van der Waals surface area contributed by atoms with Crippen molar-refractivity contribution in [1.82, 2.24) is 4.90 Å². The molecule has 1 aromatic carbocycles. The molecule has 1 rings (SSSR count). The lowest BCUT2D eigenvalue weighted by Crippen LogP contribution is -2.00. The zero-order valence-electron chi connectivity index (χ0n) is 11.1. The number of hydrogen-bond acceptors (Lipinski definition) is 1. The normalized spacial score (nSPS) is 11.6.